The number of hydrogen-bond acceptors (Lipinski definition) is 5. The summed E-state index contributed by atoms with van der Waals surface area (Å²) < 4.78 is 13.2. The average Bonchev–Trinajstić information content (AvgIpc) is 3.03. The maximum absolute atomic E-state index is 6.46. The summed E-state index contributed by atoms with van der Waals surface area (Å²) in [5, 5.41) is 0. The smallest absolute Gasteiger partial charge is 0.163 e. The van der Waals surface area contributed by atoms with E-state index in [9.17, 15) is 0 Å². The Morgan fingerprint density at radius 2 is 1.77 bits per heavy atom. The third-order valence-corrected chi connectivity index (χ3v) is 5.30. The van der Waals surface area contributed by atoms with Crippen LogP contribution in [-0.2, 0) is 6.54 Å². The van der Waals surface area contributed by atoms with Gasteiger partial charge in [0.2, 0.25) is 0 Å². The van der Waals surface area contributed by atoms with E-state index >= 15 is 0 Å². The van der Waals surface area contributed by atoms with E-state index in [0.29, 0.717) is 5.75 Å². The summed E-state index contributed by atoms with van der Waals surface area (Å²) in [4.78, 5) is 7.41. The highest BCUT2D eigenvalue weighted by atomic mass is 16.5. The van der Waals surface area contributed by atoms with E-state index in [1.54, 1.807) is 14.2 Å². The first-order valence-electron chi connectivity index (χ1n) is 9.78. The molecule has 2 N–H and O–H groups in total. The lowest BCUT2D eigenvalue weighted by Crippen LogP contribution is -2.33. The number of ether oxygens (including phenoxy) is 2. The quantitative estimate of drug-likeness (QED) is 0.782. The minimum atomic E-state index is -0.0502. The van der Waals surface area contributed by atoms with Gasteiger partial charge in [0.15, 0.2) is 11.5 Å². The molecule has 6 nitrogen and oxygen atoms in total. The Morgan fingerprint density at radius 3 is 2.42 bits per heavy atom. The molecule has 1 fully saturated rings. The van der Waals surface area contributed by atoms with Gasteiger partial charge in [-0.05, 0) is 32.4 Å². The second-order valence-electron chi connectivity index (χ2n) is 7.12. The van der Waals surface area contributed by atoms with Gasteiger partial charge < -0.3 is 24.7 Å². The molecule has 0 radical (unpaired) electrons. The molecule has 2 aromatic rings. The number of fused-ring (bicyclic) bond motifs is 1. The van der Waals surface area contributed by atoms with E-state index in [-0.39, 0.29) is 6.04 Å². The zero-order valence-electron chi connectivity index (χ0n) is 16.3. The number of likely N-dealkylation sites (tertiary alicyclic amines) is 1. The lowest BCUT2D eigenvalue weighted by atomic mass is 10.1. The van der Waals surface area contributed by atoms with Crippen LogP contribution in [0, 0.1) is 0 Å². The van der Waals surface area contributed by atoms with Crippen LogP contribution in [0.3, 0.4) is 0 Å². The number of nitrogens with two attached hydrogens (primary N) is 1. The molecule has 0 bridgehead atoms. The van der Waals surface area contributed by atoms with Crippen molar-refractivity contribution in [3.05, 3.63) is 18.0 Å². The molecule has 0 spiro atoms. The van der Waals surface area contributed by atoms with Crippen molar-refractivity contribution in [2.45, 2.75) is 51.6 Å². The average molecular weight is 361 g/mol. The Morgan fingerprint density at radius 1 is 1.08 bits per heavy atom. The molecule has 1 aromatic carbocycles. The van der Waals surface area contributed by atoms with Crippen LogP contribution in [0.25, 0.3) is 11.0 Å². The summed E-state index contributed by atoms with van der Waals surface area (Å²) in [7, 11) is 3.32. The number of imidazole rings is 1. The maximum Gasteiger partial charge on any atom is 0.163 e. The Kier molecular flexibility index (Phi) is 6.38. The number of nitrogens with zero attached hydrogens (tertiary/aromatic N) is 3. The molecule has 0 saturated carbocycles. The van der Waals surface area contributed by atoms with Crippen molar-refractivity contribution in [2.75, 3.05) is 33.9 Å². The SMILES string of the molecule is CCCC(N)c1nc2cc(OC)c(OC)cc2n1CCN1CCCCC1. The largest absolute Gasteiger partial charge is 0.493 e. The van der Waals surface area contributed by atoms with Gasteiger partial charge in [-0.3, -0.25) is 0 Å². The Balaban J connectivity index is 1.96. The number of methoxy groups -OCH3 is 2. The van der Waals surface area contributed by atoms with Crippen LogP contribution in [0.4, 0.5) is 0 Å². The molecule has 144 valence electrons. The van der Waals surface area contributed by atoms with E-state index in [4.69, 9.17) is 20.2 Å². The molecule has 0 aliphatic carbocycles. The highest BCUT2D eigenvalue weighted by Crippen LogP contribution is 2.33. The van der Waals surface area contributed by atoms with Gasteiger partial charge in [-0.25, -0.2) is 4.98 Å². The standard InChI is InChI=1S/C20H32N4O2/c1-4-8-15(21)20-22-16-13-18(25-2)19(26-3)14-17(16)24(20)12-11-23-9-6-5-7-10-23/h13-15H,4-12,21H2,1-3H3. The molecular formula is C20H32N4O2. The number of piperidine rings is 1. The van der Waals surface area contributed by atoms with Gasteiger partial charge >= 0.3 is 0 Å². The lowest BCUT2D eigenvalue weighted by Gasteiger charge is -2.27. The summed E-state index contributed by atoms with van der Waals surface area (Å²) in [6.45, 7) is 6.48. The van der Waals surface area contributed by atoms with Crippen LogP contribution in [0.15, 0.2) is 12.1 Å². The van der Waals surface area contributed by atoms with E-state index in [0.717, 1.165) is 48.5 Å². The van der Waals surface area contributed by atoms with Crippen molar-refractivity contribution in [3.8, 4) is 11.5 Å². The summed E-state index contributed by atoms with van der Waals surface area (Å²) in [5.74, 6) is 2.40. The van der Waals surface area contributed by atoms with Crippen LogP contribution < -0.4 is 15.2 Å². The molecule has 1 aromatic heterocycles. The zero-order valence-corrected chi connectivity index (χ0v) is 16.3. The van der Waals surface area contributed by atoms with Crippen molar-refractivity contribution >= 4 is 11.0 Å². The fraction of sp³-hybridized carbons (Fsp3) is 0.650. The first-order valence-corrected chi connectivity index (χ1v) is 9.78. The van der Waals surface area contributed by atoms with Gasteiger partial charge in [0.25, 0.3) is 0 Å². The molecule has 1 aliphatic rings. The molecule has 1 saturated heterocycles. The van der Waals surface area contributed by atoms with Crippen molar-refractivity contribution in [1.82, 2.24) is 14.5 Å². The molecule has 3 rings (SSSR count). The van der Waals surface area contributed by atoms with E-state index in [1.807, 2.05) is 12.1 Å². The van der Waals surface area contributed by atoms with Crippen molar-refractivity contribution in [3.63, 3.8) is 0 Å². The predicted molar refractivity (Wildman–Crippen MR) is 105 cm³/mol. The number of hydrogen-bond donors (Lipinski definition) is 1. The number of rotatable bonds is 8. The first-order chi connectivity index (χ1) is 12.7. The summed E-state index contributed by atoms with van der Waals surface area (Å²) in [5.41, 5.74) is 8.45. The summed E-state index contributed by atoms with van der Waals surface area (Å²) in [6.07, 6.45) is 5.94. The van der Waals surface area contributed by atoms with Crippen molar-refractivity contribution < 1.29 is 9.47 Å². The van der Waals surface area contributed by atoms with Crippen LogP contribution >= 0.6 is 0 Å². The number of aromatic nitrogens is 2. The molecule has 1 atom stereocenters. The normalized spacial score (nSPS) is 16.8. The third-order valence-electron chi connectivity index (χ3n) is 5.30. The van der Waals surface area contributed by atoms with E-state index in [1.165, 1.54) is 32.4 Å². The van der Waals surface area contributed by atoms with Crippen molar-refractivity contribution in [1.29, 1.82) is 0 Å². The first kappa shape index (κ1) is 19.0. The second-order valence-corrected chi connectivity index (χ2v) is 7.12. The fourth-order valence-electron chi connectivity index (χ4n) is 3.85. The Bertz CT molecular complexity index is 722. The van der Waals surface area contributed by atoms with Gasteiger partial charge in [0.1, 0.15) is 5.82 Å². The Labute approximate surface area is 156 Å². The van der Waals surface area contributed by atoms with Gasteiger partial charge in [-0.15, -0.1) is 0 Å². The van der Waals surface area contributed by atoms with E-state index in [2.05, 4.69) is 16.4 Å². The molecule has 26 heavy (non-hydrogen) atoms. The van der Waals surface area contributed by atoms with Gasteiger partial charge in [-0.1, -0.05) is 19.8 Å². The highest BCUT2D eigenvalue weighted by Gasteiger charge is 2.20. The minimum Gasteiger partial charge on any atom is -0.493 e. The van der Waals surface area contributed by atoms with Crippen LogP contribution in [-0.4, -0.2) is 48.3 Å². The molecule has 1 aliphatic heterocycles. The summed E-state index contributed by atoms with van der Waals surface area (Å²) >= 11 is 0. The highest BCUT2D eigenvalue weighted by molar-refractivity contribution is 5.80. The van der Waals surface area contributed by atoms with Crippen LogP contribution in [0.5, 0.6) is 11.5 Å². The van der Waals surface area contributed by atoms with Crippen LogP contribution in [0.2, 0.25) is 0 Å². The predicted octanol–water partition coefficient (Wildman–Crippen LogP) is 3.34. The maximum atomic E-state index is 6.46. The molecule has 1 unspecified atom stereocenters. The van der Waals surface area contributed by atoms with Gasteiger partial charge in [0, 0.05) is 25.2 Å². The van der Waals surface area contributed by atoms with Crippen LogP contribution in [0.1, 0.15) is 50.9 Å². The third kappa shape index (κ3) is 3.96. The molecule has 2 heterocycles. The van der Waals surface area contributed by atoms with Crippen molar-refractivity contribution in [2.24, 2.45) is 5.73 Å². The zero-order chi connectivity index (χ0) is 18.5. The number of benzene rings is 1. The van der Waals surface area contributed by atoms with Gasteiger partial charge in [-0.2, -0.15) is 0 Å². The molecule has 0 amide bonds. The molecule has 6 heteroatoms. The van der Waals surface area contributed by atoms with E-state index < -0.39 is 0 Å². The monoisotopic (exact) mass is 360 g/mol. The van der Waals surface area contributed by atoms with Gasteiger partial charge in [0.05, 0.1) is 31.3 Å². The summed E-state index contributed by atoms with van der Waals surface area (Å²) in [6, 6.07) is 3.93. The fourth-order valence-corrected chi connectivity index (χ4v) is 3.85. The lowest BCUT2D eigenvalue weighted by molar-refractivity contribution is 0.220. The Hall–Kier alpha value is -1.79. The minimum absolute atomic E-state index is 0.0502. The topological polar surface area (TPSA) is 65.5 Å². The second kappa shape index (κ2) is 8.73. The molecular weight excluding hydrogens is 328 g/mol.